The first-order valence-electron chi connectivity index (χ1n) is 10.5. The largest absolute Gasteiger partial charge is 0.477 e. The highest BCUT2D eigenvalue weighted by Crippen LogP contribution is 2.41. The molecule has 0 spiro atoms. The Bertz CT molecular complexity index is 1160. The topological polar surface area (TPSA) is 134 Å². The van der Waals surface area contributed by atoms with Crippen molar-refractivity contribution in [2.75, 3.05) is 17.3 Å². The SMILES string of the molecule is CCc1nc(SCC2=C(C(=O)O)N3C(=O)C(NC(=O)CS(=O)c4cccs4)[C@H]3SC2)n(CC)n1. The molecule has 3 atom stereocenters. The van der Waals surface area contributed by atoms with Gasteiger partial charge in [0.25, 0.3) is 5.91 Å². The zero-order chi connectivity index (χ0) is 24.4. The standard InChI is InChI=1S/C20H23N5O5S4/c1-3-12-21-20(24(4-2)23-12)33-9-11-8-32-18-15(17(27)25(18)16(11)19(28)29)22-13(26)10-34(30)14-6-5-7-31-14/h5-7,15,18H,3-4,8-10H2,1-2H3,(H,22,26)(H,28,29)/t15?,18-,34?/m1/s1. The maximum absolute atomic E-state index is 12.8. The molecule has 0 radical (unpaired) electrons. The zero-order valence-corrected chi connectivity index (χ0v) is 21.7. The van der Waals surface area contributed by atoms with E-state index in [4.69, 9.17) is 0 Å². The summed E-state index contributed by atoms with van der Waals surface area (Å²) in [6.07, 6.45) is 0.706. The number of nitrogens with one attached hydrogen (secondary N) is 1. The van der Waals surface area contributed by atoms with Crippen LogP contribution in [0.2, 0.25) is 0 Å². The van der Waals surface area contributed by atoms with Crippen LogP contribution in [0.3, 0.4) is 0 Å². The van der Waals surface area contributed by atoms with E-state index in [9.17, 15) is 23.7 Å². The van der Waals surface area contributed by atoms with Crippen LogP contribution in [-0.4, -0.2) is 75.4 Å². The number of aromatic nitrogens is 3. The van der Waals surface area contributed by atoms with Gasteiger partial charge in [-0.05, 0) is 23.9 Å². The minimum Gasteiger partial charge on any atom is -0.477 e. The minimum atomic E-state index is -1.49. The third-order valence-electron chi connectivity index (χ3n) is 5.22. The molecule has 4 rings (SSSR count). The molecule has 2 unspecified atom stereocenters. The van der Waals surface area contributed by atoms with E-state index in [1.165, 1.54) is 39.8 Å². The molecule has 2 N–H and O–H groups in total. The van der Waals surface area contributed by atoms with Gasteiger partial charge in [-0.1, -0.05) is 24.8 Å². The van der Waals surface area contributed by atoms with Crippen LogP contribution < -0.4 is 5.32 Å². The summed E-state index contributed by atoms with van der Waals surface area (Å²) in [6.45, 7) is 4.59. The van der Waals surface area contributed by atoms with Crippen molar-refractivity contribution in [3.05, 3.63) is 34.6 Å². The molecule has 2 aliphatic rings. The van der Waals surface area contributed by atoms with Gasteiger partial charge in [0, 0.05) is 24.5 Å². The summed E-state index contributed by atoms with van der Waals surface area (Å²) in [4.78, 5) is 43.0. The number of carbonyl (C=O) groups is 3. The number of thioether (sulfide) groups is 2. The average molecular weight is 542 g/mol. The Balaban J connectivity index is 1.43. The second-order valence-corrected chi connectivity index (χ2v) is 12.1. The number of hydrogen-bond donors (Lipinski definition) is 2. The Morgan fingerprint density at radius 1 is 1.38 bits per heavy atom. The number of amides is 2. The normalized spacial score (nSPS) is 20.6. The van der Waals surface area contributed by atoms with E-state index < -0.39 is 40.0 Å². The van der Waals surface area contributed by atoms with Gasteiger partial charge in [-0.2, -0.15) is 5.10 Å². The number of thiophene rings is 1. The Labute approximate surface area is 211 Å². The molecule has 1 fully saturated rings. The Hall–Kier alpha value is -2.16. The second kappa shape index (κ2) is 10.6. The highest BCUT2D eigenvalue weighted by molar-refractivity contribution is 8.01. The molecule has 182 valence electrons. The van der Waals surface area contributed by atoms with Crippen molar-refractivity contribution in [3.8, 4) is 0 Å². The molecule has 2 aromatic heterocycles. The molecular formula is C20H23N5O5S4. The number of aliphatic carboxylic acids is 1. The van der Waals surface area contributed by atoms with Crippen molar-refractivity contribution in [2.24, 2.45) is 0 Å². The van der Waals surface area contributed by atoms with Gasteiger partial charge < -0.3 is 10.4 Å². The second-order valence-electron chi connectivity index (χ2n) is 7.40. The number of fused-ring (bicyclic) bond motifs is 1. The highest BCUT2D eigenvalue weighted by Gasteiger charge is 2.54. The van der Waals surface area contributed by atoms with Crippen LogP contribution in [0.5, 0.6) is 0 Å². The predicted octanol–water partition coefficient (Wildman–Crippen LogP) is 1.56. The van der Waals surface area contributed by atoms with E-state index in [0.29, 0.717) is 39.4 Å². The van der Waals surface area contributed by atoms with Gasteiger partial charge in [0.15, 0.2) is 11.0 Å². The molecule has 2 aromatic rings. The fourth-order valence-electron chi connectivity index (χ4n) is 3.58. The van der Waals surface area contributed by atoms with Crippen LogP contribution in [0, 0.1) is 0 Å². The first kappa shape index (κ1) is 24.9. The van der Waals surface area contributed by atoms with Gasteiger partial charge in [0.2, 0.25) is 5.91 Å². The number of carbonyl (C=O) groups excluding carboxylic acids is 2. The van der Waals surface area contributed by atoms with Crippen LogP contribution in [0.25, 0.3) is 0 Å². The number of carboxylic acid groups (broad SMARTS) is 1. The summed E-state index contributed by atoms with van der Waals surface area (Å²) >= 11 is 4.10. The van der Waals surface area contributed by atoms with Crippen LogP contribution in [0.15, 0.2) is 38.1 Å². The van der Waals surface area contributed by atoms with Gasteiger partial charge >= 0.3 is 5.97 Å². The molecule has 1 saturated heterocycles. The van der Waals surface area contributed by atoms with Crippen LogP contribution in [0.1, 0.15) is 19.7 Å². The van der Waals surface area contributed by atoms with Crippen molar-refractivity contribution < 1.29 is 23.7 Å². The number of β-lactam (4-membered cyclic amide) rings is 1. The third kappa shape index (κ3) is 4.95. The van der Waals surface area contributed by atoms with E-state index in [-0.39, 0.29) is 11.4 Å². The molecule has 0 saturated carbocycles. The lowest BCUT2D eigenvalue weighted by Crippen LogP contribution is -2.70. The maximum atomic E-state index is 12.8. The Kier molecular flexibility index (Phi) is 7.80. The minimum absolute atomic E-state index is 0.0350. The number of nitrogens with zero attached hydrogens (tertiary/aromatic N) is 4. The summed E-state index contributed by atoms with van der Waals surface area (Å²) < 4.78 is 14.6. The molecule has 0 bridgehead atoms. The van der Waals surface area contributed by atoms with Crippen LogP contribution in [-0.2, 0) is 38.1 Å². The monoisotopic (exact) mass is 541 g/mol. The fourth-order valence-corrected chi connectivity index (χ4v) is 8.00. The molecule has 34 heavy (non-hydrogen) atoms. The van der Waals surface area contributed by atoms with Crippen molar-refractivity contribution in [3.63, 3.8) is 0 Å². The van der Waals surface area contributed by atoms with Crippen LogP contribution >= 0.6 is 34.9 Å². The lowest BCUT2D eigenvalue weighted by molar-refractivity contribution is -0.150. The smallest absolute Gasteiger partial charge is 0.352 e. The van der Waals surface area contributed by atoms with E-state index >= 15 is 0 Å². The summed E-state index contributed by atoms with van der Waals surface area (Å²) in [7, 11) is -1.49. The lowest BCUT2D eigenvalue weighted by Gasteiger charge is -2.49. The first-order valence-corrected chi connectivity index (χ1v) is 14.7. The summed E-state index contributed by atoms with van der Waals surface area (Å²) in [5, 5.41) is 18.9. The van der Waals surface area contributed by atoms with E-state index in [1.807, 2.05) is 13.8 Å². The average Bonchev–Trinajstić information content (AvgIpc) is 3.50. The number of carboxylic acids is 1. The molecule has 2 amide bonds. The van der Waals surface area contributed by atoms with Crippen molar-refractivity contribution >= 4 is 63.4 Å². The number of aryl methyl sites for hydroxylation is 2. The molecule has 0 aromatic carbocycles. The number of hydrogen-bond acceptors (Lipinski definition) is 9. The highest BCUT2D eigenvalue weighted by atomic mass is 32.2. The van der Waals surface area contributed by atoms with Gasteiger partial charge in [-0.3, -0.25) is 18.7 Å². The van der Waals surface area contributed by atoms with E-state index in [2.05, 4.69) is 15.4 Å². The Morgan fingerprint density at radius 2 is 2.18 bits per heavy atom. The summed E-state index contributed by atoms with van der Waals surface area (Å²) in [5.41, 5.74) is 0.589. The molecule has 2 aliphatic heterocycles. The molecule has 4 heterocycles. The fraction of sp³-hybridized carbons (Fsp3) is 0.450. The first-order chi connectivity index (χ1) is 16.3. The third-order valence-corrected chi connectivity index (χ3v) is 10.2. The quantitative estimate of drug-likeness (QED) is 0.339. The van der Waals surface area contributed by atoms with Crippen molar-refractivity contribution in [1.82, 2.24) is 25.0 Å². The number of rotatable bonds is 10. The van der Waals surface area contributed by atoms with E-state index in [1.54, 1.807) is 22.2 Å². The van der Waals surface area contributed by atoms with Crippen LogP contribution in [0.4, 0.5) is 0 Å². The molecule has 10 nitrogen and oxygen atoms in total. The van der Waals surface area contributed by atoms with E-state index in [0.717, 1.165) is 5.82 Å². The van der Waals surface area contributed by atoms with Gasteiger partial charge in [0.1, 0.15) is 22.9 Å². The summed E-state index contributed by atoms with van der Waals surface area (Å²) in [5.74, 6) is -0.893. The van der Waals surface area contributed by atoms with Crippen molar-refractivity contribution in [2.45, 2.75) is 47.6 Å². The van der Waals surface area contributed by atoms with Crippen molar-refractivity contribution in [1.29, 1.82) is 0 Å². The predicted molar refractivity (Wildman–Crippen MR) is 131 cm³/mol. The molecule has 14 heteroatoms. The lowest BCUT2D eigenvalue weighted by atomic mass is 10.0. The van der Waals surface area contributed by atoms with Gasteiger partial charge in [0.05, 0.1) is 15.0 Å². The summed E-state index contributed by atoms with van der Waals surface area (Å²) in [6, 6.07) is 2.61. The van der Waals surface area contributed by atoms with Gasteiger partial charge in [-0.25, -0.2) is 14.5 Å². The Morgan fingerprint density at radius 3 is 2.82 bits per heavy atom. The zero-order valence-electron chi connectivity index (χ0n) is 18.4. The maximum Gasteiger partial charge on any atom is 0.352 e. The van der Waals surface area contributed by atoms with Gasteiger partial charge in [-0.15, -0.1) is 23.1 Å². The molecule has 0 aliphatic carbocycles. The molecular weight excluding hydrogens is 519 g/mol.